The Morgan fingerprint density at radius 1 is 1.50 bits per heavy atom. The van der Waals surface area contributed by atoms with Gasteiger partial charge in [0, 0.05) is 19.3 Å². The van der Waals surface area contributed by atoms with Crippen molar-refractivity contribution in [2.24, 2.45) is 5.41 Å². The Bertz CT molecular complexity index is 309. The normalized spacial score (nSPS) is 12.0. The van der Waals surface area contributed by atoms with Crippen molar-refractivity contribution < 1.29 is 5.11 Å². The topological polar surface area (TPSA) is 63.0 Å². The van der Waals surface area contributed by atoms with Gasteiger partial charge in [0.25, 0.3) is 0 Å². The van der Waals surface area contributed by atoms with Gasteiger partial charge in [0.1, 0.15) is 0 Å². The Kier molecular flexibility index (Phi) is 4.89. The van der Waals surface area contributed by atoms with Gasteiger partial charge in [0.05, 0.1) is 18.8 Å². The van der Waals surface area contributed by atoms with Gasteiger partial charge in [-0.25, -0.2) is 4.68 Å². The predicted molar refractivity (Wildman–Crippen MR) is 62.9 cm³/mol. The maximum Gasteiger partial charge on any atom is 0.0964 e. The lowest BCUT2D eigenvalue weighted by Gasteiger charge is -2.22. The molecule has 0 spiro atoms. The first kappa shape index (κ1) is 13.1. The van der Waals surface area contributed by atoms with E-state index in [0.717, 1.165) is 25.2 Å². The van der Waals surface area contributed by atoms with Crippen molar-refractivity contribution in [1.29, 1.82) is 0 Å². The molecule has 5 heteroatoms. The first-order chi connectivity index (χ1) is 7.57. The van der Waals surface area contributed by atoms with Gasteiger partial charge in [-0.3, -0.25) is 0 Å². The molecule has 0 atom stereocenters. The van der Waals surface area contributed by atoms with E-state index in [4.69, 9.17) is 5.11 Å². The number of nitrogens with zero attached hydrogens (tertiary/aromatic N) is 3. The van der Waals surface area contributed by atoms with Gasteiger partial charge in [-0.1, -0.05) is 26.0 Å². The van der Waals surface area contributed by atoms with Crippen molar-refractivity contribution >= 4 is 0 Å². The smallest absolute Gasteiger partial charge is 0.0964 e. The SMILES string of the molecule is CCC(C)(C)CNCc1cn(CCO)nn1. The van der Waals surface area contributed by atoms with Crippen LogP contribution in [0.4, 0.5) is 0 Å². The van der Waals surface area contributed by atoms with Gasteiger partial charge in [0.15, 0.2) is 0 Å². The average molecular weight is 226 g/mol. The standard InChI is InChI=1S/C11H22N4O/c1-4-11(2,3)9-12-7-10-8-15(5-6-16)14-13-10/h8,12,16H,4-7,9H2,1-3H3. The minimum Gasteiger partial charge on any atom is -0.394 e. The Balaban J connectivity index is 2.31. The van der Waals surface area contributed by atoms with E-state index in [1.807, 2.05) is 6.20 Å². The average Bonchev–Trinajstić information content (AvgIpc) is 2.66. The molecule has 1 heterocycles. The molecule has 0 fully saturated rings. The van der Waals surface area contributed by atoms with Crippen molar-refractivity contribution in [1.82, 2.24) is 20.3 Å². The summed E-state index contributed by atoms with van der Waals surface area (Å²) in [6, 6.07) is 0. The molecule has 0 aliphatic rings. The van der Waals surface area contributed by atoms with E-state index in [1.165, 1.54) is 0 Å². The van der Waals surface area contributed by atoms with Crippen LogP contribution < -0.4 is 5.32 Å². The zero-order chi connectivity index (χ0) is 12.0. The van der Waals surface area contributed by atoms with Crippen LogP contribution in [0.3, 0.4) is 0 Å². The summed E-state index contributed by atoms with van der Waals surface area (Å²) in [5, 5.41) is 20.0. The Morgan fingerprint density at radius 2 is 2.25 bits per heavy atom. The molecule has 0 bridgehead atoms. The second kappa shape index (κ2) is 5.96. The largest absolute Gasteiger partial charge is 0.394 e. The van der Waals surface area contributed by atoms with Crippen molar-refractivity contribution in [3.05, 3.63) is 11.9 Å². The third kappa shape index (κ3) is 4.28. The highest BCUT2D eigenvalue weighted by molar-refractivity contribution is 4.91. The second-order valence-electron chi connectivity index (χ2n) is 4.82. The summed E-state index contributed by atoms with van der Waals surface area (Å²) in [5.74, 6) is 0. The molecule has 0 aliphatic carbocycles. The van der Waals surface area contributed by atoms with E-state index in [-0.39, 0.29) is 6.61 Å². The molecule has 1 aromatic heterocycles. The number of aliphatic hydroxyl groups is 1. The highest BCUT2D eigenvalue weighted by Crippen LogP contribution is 2.17. The van der Waals surface area contributed by atoms with Crippen LogP contribution in [0.15, 0.2) is 6.20 Å². The van der Waals surface area contributed by atoms with Gasteiger partial charge in [-0.2, -0.15) is 0 Å². The van der Waals surface area contributed by atoms with Crippen LogP contribution in [-0.4, -0.2) is 33.3 Å². The fourth-order valence-corrected chi connectivity index (χ4v) is 1.29. The third-order valence-corrected chi connectivity index (χ3v) is 2.78. The van der Waals surface area contributed by atoms with E-state index >= 15 is 0 Å². The summed E-state index contributed by atoms with van der Waals surface area (Å²) < 4.78 is 1.65. The molecule has 0 radical (unpaired) electrons. The molecular weight excluding hydrogens is 204 g/mol. The number of aliphatic hydroxyl groups excluding tert-OH is 1. The minimum atomic E-state index is 0.0963. The molecule has 1 rings (SSSR count). The van der Waals surface area contributed by atoms with E-state index in [0.29, 0.717) is 12.0 Å². The monoisotopic (exact) mass is 226 g/mol. The number of nitrogens with one attached hydrogen (secondary N) is 1. The molecule has 92 valence electrons. The summed E-state index contributed by atoms with van der Waals surface area (Å²) in [7, 11) is 0. The van der Waals surface area contributed by atoms with E-state index in [1.54, 1.807) is 4.68 Å². The molecule has 0 aliphatic heterocycles. The fraction of sp³-hybridized carbons (Fsp3) is 0.818. The zero-order valence-corrected chi connectivity index (χ0v) is 10.4. The van der Waals surface area contributed by atoms with Crippen LogP contribution in [0.5, 0.6) is 0 Å². The zero-order valence-electron chi connectivity index (χ0n) is 10.4. The predicted octanol–water partition coefficient (Wildman–Crippen LogP) is 0.796. The summed E-state index contributed by atoms with van der Waals surface area (Å²) in [5.41, 5.74) is 1.24. The molecule has 0 unspecified atom stereocenters. The van der Waals surface area contributed by atoms with Gasteiger partial charge in [0.2, 0.25) is 0 Å². The highest BCUT2D eigenvalue weighted by atomic mass is 16.3. The van der Waals surface area contributed by atoms with E-state index in [2.05, 4.69) is 36.4 Å². The first-order valence-electron chi connectivity index (χ1n) is 5.78. The van der Waals surface area contributed by atoms with Crippen molar-refractivity contribution in [3.63, 3.8) is 0 Å². The molecule has 16 heavy (non-hydrogen) atoms. The van der Waals surface area contributed by atoms with Crippen LogP contribution in [0.25, 0.3) is 0 Å². The lowest BCUT2D eigenvalue weighted by Crippen LogP contribution is -2.28. The van der Waals surface area contributed by atoms with Crippen molar-refractivity contribution in [2.45, 2.75) is 40.3 Å². The number of hydrogen-bond acceptors (Lipinski definition) is 4. The molecule has 2 N–H and O–H groups in total. The highest BCUT2D eigenvalue weighted by Gasteiger charge is 2.14. The fourth-order valence-electron chi connectivity index (χ4n) is 1.29. The van der Waals surface area contributed by atoms with Crippen molar-refractivity contribution in [2.75, 3.05) is 13.2 Å². The molecule has 5 nitrogen and oxygen atoms in total. The molecule has 0 saturated carbocycles. The van der Waals surface area contributed by atoms with Crippen LogP contribution >= 0.6 is 0 Å². The van der Waals surface area contributed by atoms with Crippen LogP contribution in [-0.2, 0) is 13.1 Å². The van der Waals surface area contributed by atoms with Gasteiger partial charge >= 0.3 is 0 Å². The maximum atomic E-state index is 8.74. The Hall–Kier alpha value is -0.940. The first-order valence-corrected chi connectivity index (χ1v) is 5.78. The Morgan fingerprint density at radius 3 is 2.88 bits per heavy atom. The number of hydrogen-bond donors (Lipinski definition) is 2. The van der Waals surface area contributed by atoms with Crippen LogP contribution in [0, 0.1) is 5.41 Å². The maximum absolute atomic E-state index is 8.74. The number of aromatic nitrogens is 3. The summed E-state index contributed by atoms with van der Waals surface area (Å²) in [4.78, 5) is 0. The quantitative estimate of drug-likeness (QED) is 0.722. The summed E-state index contributed by atoms with van der Waals surface area (Å²) in [6.07, 6.45) is 3.01. The van der Waals surface area contributed by atoms with Gasteiger partial charge in [-0.05, 0) is 11.8 Å². The molecule has 1 aromatic rings. The third-order valence-electron chi connectivity index (χ3n) is 2.78. The Labute approximate surface area is 96.9 Å². The summed E-state index contributed by atoms with van der Waals surface area (Å²) >= 11 is 0. The lowest BCUT2D eigenvalue weighted by molar-refractivity contribution is 0.268. The van der Waals surface area contributed by atoms with Crippen LogP contribution in [0.2, 0.25) is 0 Å². The second-order valence-corrected chi connectivity index (χ2v) is 4.82. The van der Waals surface area contributed by atoms with Crippen molar-refractivity contribution in [3.8, 4) is 0 Å². The van der Waals surface area contributed by atoms with Crippen LogP contribution in [0.1, 0.15) is 32.9 Å². The molecular formula is C11H22N4O. The van der Waals surface area contributed by atoms with Gasteiger partial charge in [-0.15, -0.1) is 5.10 Å². The molecule has 0 amide bonds. The van der Waals surface area contributed by atoms with Gasteiger partial charge < -0.3 is 10.4 Å². The number of rotatable bonds is 7. The summed E-state index contributed by atoms with van der Waals surface area (Å²) in [6.45, 7) is 8.97. The van der Waals surface area contributed by atoms with E-state index < -0.39 is 0 Å². The molecule has 0 saturated heterocycles. The lowest BCUT2D eigenvalue weighted by atomic mass is 9.90. The van der Waals surface area contributed by atoms with E-state index in [9.17, 15) is 0 Å². The minimum absolute atomic E-state index is 0.0963. The molecule has 0 aromatic carbocycles.